The van der Waals surface area contributed by atoms with E-state index in [0.717, 1.165) is 12.1 Å². The van der Waals surface area contributed by atoms with Crippen LogP contribution in [0.4, 0.5) is 13.6 Å². The Balaban J connectivity index is 1.95. The van der Waals surface area contributed by atoms with Crippen LogP contribution in [0.2, 0.25) is 0 Å². The Morgan fingerprint density at radius 1 is 1.40 bits per heavy atom. The summed E-state index contributed by atoms with van der Waals surface area (Å²) in [5, 5.41) is 7.72. The fourth-order valence-corrected chi connectivity index (χ4v) is 2.60. The number of ether oxygens (including phenoxy) is 1. The molecule has 3 atom stereocenters. The molecule has 1 aliphatic rings. The quantitative estimate of drug-likeness (QED) is 0.681. The van der Waals surface area contributed by atoms with E-state index in [4.69, 9.17) is 4.74 Å². The molecule has 0 saturated carbocycles. The van der Waals surface area contributed by atoms with Crippen LogP contribution in [0.3, 0.4) is 0 Å². The van der Waals surface area contributed by atoms with Gasteiger partial charge in [-0.1, -0.05) is 12.1 Å². The van der Waals surface area contributed by atoms with Crippen LogP contribution in [0.5, 0.6) is 0 Å². The number of hydrogen-bond acceptors (Lipinski definition) is 4. The first-order chi connectivity index (χ1) is 11.9. The molecule has 0 aromatic heterocycles. The normalized spacial score (nSPS) is 20.8. The van der Waals surface area contributed by atoms with Gasteiger partial charge in [-0.3, -0.25) is 10.1 Å². The van der Waals surface area contributed by atoms with E-state index in [0.29, 0.717) is 18.6 Å². The molecular formula is C17H21F2N3O3. The van der Waals surface area contributed by atoms with Gasteiger partial charge in [-0.05, 0) is 31.0 Å². The van der Waals surface area contributed by atoms with E-state index in [-0.39, 0.29) is 12.6 Å². The van der Waals surface area contributed by atoms with E-state index >= 15 is 0 Å². The van der Waals surface area contributed by atoms with Gasteiger partial charge >= 0.3 is 6.03 Å². The number of hydrogen-bond donors (Lipinski definition) is 3. The van der Waals surface area contributed by atoms with Gasteiger partial charge in [0.15, 0.2) is 11.6 Å². The maximum atomic E-state index is 13.4. The summed E-state index contributed by atoms with van der Waals surface area (Å²) in [5.74, 6) is -2.38. The molecule has 0 spiro atoms. The van der Waals surface area contributed by atoms with Gasteiger partial charge in [-0.15, -0.1) is 6.58 Å². The lowest BCUT2D eigenvalue weighted by Gasteiger charge is -2.23. The molecule has 136 valence electrons. The zero-order valence-corrected chi connectivity index (χ0v) is 13.9. The molecule has 1 aromatic rings. The van der Waals surface area contributed by atoms with Crippen LogP contribution in [0.15, 0.2) is 30.9 Å². The van der Waals surface area contributed by atoms with Gasteiger partial charge in [0.05, 0.1) is 12.1 Å². The van der Waals surface area contributed by atoms with Gasteiger partial charge in [-0.25, -0.2) is 13.6 Å². The van der Waals surface area contributed by atoms with Crippen molar-refractivity contribution in [2.24, 2.45) is 0 Å². The summed E-state index contributed by atoms with van der Waals surface area (Å²) in [6.45, 7) is 5.74. The van der Waals surface area contributed by atoms with Crippen molar-refractivity contribution in [1.82, 2.24) is 16.0 Å². The van der Waals surface area contributed by atoms with Crippen molar-refractivity contribution in [2.45, 2.75) is 31.5 Å². The first-order valence-corrected chi connectivity index (χ1v) is 7.94. The maximum Gasteiger partial charge on any atom is 0.321 e. The molecule has 1 unspecified atom stereocenters. The monoisotopic (exact) mass is 353 g/mol. The highest BCUT2D eigenvalue weighted by molar-refractivity contribution is 5.96. The molecule has 0 aliphatic carbocycles. The topological polar surface area (TPSA) is 79.5 Å². The van der Waals surface area contributed by atoms with Gasteiger partial charge < -0.3 is 15.4 Å². The molecule has 8 heteroatoms. The lowest BCUT2D eigenvalue weighted by Crippen LogP contribution is -2.51. The number of rotatable bonds is 6. The third-order valence-electron chi connectivity index (χ3n) is 3.86. The van der Waals surface area contributed by atoms with Crippen molar-refractivity contribution in [2.75, 3.05) is 13.2 Å². The lowest BCUT2D eigenvalue weighted by molar-refractivity contribution is -0.121. The number of imide groups is 1. The molecule has 0 radical (unpaired) electrons. The van der Waals surface area contributed by atoms with Crippen molar-refractivity contribution in [3.63, 3.8) is 0 Å². The van der Waals surface area contributed by atoms with E-state index in [1.54, 1.807) is 6.92 Å². The lowest BCUT2D eigenvalue weighted by atomic mass is 10.0. The first kappa shape index (κ1) is 19.0. The second-order valence-electron chi connectivity index (χ2n) is 5.74. The predicted molar refractivity (Wildman–Crippen MR) is 87.8 cm³/mol. The summed E-state index contributed by atoms with van der Waals surface area (Å²) in [7, 11) is 0. The highest BCUT2D eigenvalue weighted by atomic mass is 19.2. The summed E-state index contributed by atoms with van der Waals surface area (Å²) < 4.78 is 32.1. The van der Waals surface area contributed by atoms with Crippen LogP contribution in [0, 0.1) is 11.6 Å². The second kappa shape index (κ2) is 8.68. The zero-order chi connectivity index (χ0) is 18.4. The first-order valence-electron chi connectivity index (χ1n) is 7.94. The third kappa shape index (κ3) is 5.07. The Morgan fingerprint density at radius 3 is 2.84 bits per heavy atom. The average Bonchev–Trinajstić information content (AvgIpc) is 3.03. The molecule has 0 bridgehead atoms. The molecule has 1 aliphatic heterocycles. The van der Waals surface area contributed by atoms with Gasteiger partial charge in [0.25, 0.3) is 0 Å². The SMILES string of the molecule is C=CCNC(=O)NC(=O)C(C)N[C@@H]1CCO[C@H]1c1ccc(F)c(F)c1. The van der Waals surface area contributed by atoms with Crippen molar-refractivity contribution >= 4 is 11.9 Å². The van der Waals surface area contributed by atoms with Crippen molar-refractivity contribution in [3.8, 4) is 0 Å². The van der Waals surface area contributed by atoms with Crippen molar-refractivity contribution in [1.29, 1.82) is 0 Å². The molecule has 25 heavy (non-hydrogen) atoms. The van der Waals surface area contributed by atoms with E-state index in [2.05, 4.69) is 22.5 Å². The molecule has 3 amide bonds. The fourth-order valence-electron chi connectivity index (χ4n) is 2.60. The number of halogens is 2. The predicted octanol–water partition coefficient (Wildman–Crippen LogP) is 1.78. The van der Waals surface area contributed by atoms with E-state index in [1.807, 2.05) is 0 Å². The van der Waals surface area contributed by atoms with Gasteiger partial charge in [-0.2, -0.15) is 0 Å². The minimum absolute atomic E-state index is 0.246. The molecule has 1 heterocycles. The molecule has 6 nitrogen and oxygen atoms in total. The Kier molecular flexibility index (Phi) is 6.60. The summed E-state index contributed by atoms with van der Waals surface area (Å²) in [5.41, 5.74) is 0.491. The summed E-state index contributed by atoms with van der Waals surface area (Å²) >= 11 is 0. The highest BCUT2D eigenvalue weighted by Crippen LogP contribution is 2.30. The van der Waals surface area contributed by atoms with Crippen LogP contribution >= 0.6 is 0 Å². The molecule has 1 fully saturated rings. The number of carbonyl (C=O) groups is 2. The smallest absolute Gasteiger partial charge is 0.321 e. The number of urea groups is 1. The molecule has 1 aromatic carbocycles. The Morgan fingerprint density at radius 2 is 2.16 bits per heavy atom. The van der Waals surface area contributed by atoms with Gasteiger partial charge in [0.1, 0.15) is 0 Å². The summed E-state index contributed by atoms with van der Waals surface area (Å²) in [6.07, 6.45) is 1.60. The number of benzene rings is 1. The molecule has 1 saturated heterocycles. The Labute approximate surface area is 144 Å². The third-order valence-corrected chi connectivity index (χ3v) is 3.86. The second-order valence-corrected chi connectivity index (χ2v) is 5.74. The van der Waals surface area contributed by atoms with Crippen molar-refractivity contribution in [3.05, 3.63) is 48.1 Å². The minimum atomic E-state index is -0.948. The van der Waals surface area contributed by atoms with Crippen LogP contribution in [-0.4, -0.2) is 37.2 Å². The Hall–Kier alpha value is -2.32. The molecular weight excluding hydrogens is 332 g/mol. The molecule has 3 N–H and O–H groups in total. The maximum absolute atomic E-state index is 13.4. The fraction of sp³-hybridized carbons (Fsp3) is 0.412. The van der Waals surface area contributed by atoms with E-state index < -0.39 is 35.7 Å². The van der Waals surface area contributed by atoms with Crippen LogP contribution < -0.4 is 16.0 Å². The largest absolute Gasteiger partial charge is 0.372 e. The Bertz CT molecular complexity index is 654. The van der Waals surface area contributed by atoms with E-state index in [1.165, 1.54) is 12.1 Å². The standard InChI is InChI=1S/C17H21F2N3O3/c1-3-7-20-17(24)22-16(23)10(2)21-14-6-8-25-15(14)11-4-5-12(18)13(19)9-11/h3-5,9-10,14-15,21H,1,6-8H2,2H3,(H2,20,22,23,24)/t10?,14-,15+/m1/s1. The van der Waals surface area contributed by atoms with Crippen LogP contribution in [0.25, 0.3) is 0 Å². The van der Waals surface area contributed by atoms with Gasteiger partial charge in [0.2, 0.25) is 5.91 Å². The summed E-state index contributed by atoms with van der Waals surface area (Å²) in [4.78, 5) is 23.5. The number of carbonyl (C=O) groups excluding carboxylic acids is 2. The summed E-state index contributed by atoms with van der Waals surface area (Å²) in [6, 6.07) is 2.04. The average molecular weight is 353 g/mol. The highest BCUT2D eigenvalue weighted by Gasteiger charge is 2.32. The zero-order valence-electron chi connectivity index (χ0n) is 13.9. The molecule has 2 rings (SSSR count). The van der Waals surface area contributed by atoms with Crippen LogP contribution in [0.1, 0.15) is 25.0 Å². The van der Waals surface area contributed by atoms with Crippen LogP contribution in [-0.2, 0) is 9.53 Å². The van der Waals surface area contributed by atoms with Gasteiger partial charge in [0, 0.05) is 19.2 Å². The number of amides is 3. The number of nitrogens with one attached hydrogen (secondary N) is 3. The van der Waals surface area contributed by atoms with E-state index in [9.17, 15) is 18.4 Å². The van der Waals surface area contributed by atoms with Crippen molar-refractivity contribution < 1.29 is 23.1 Å². The minimum Gasteiger partial charge on any atom is -0.372 e.